The third-order valence-corrected chi connectivity index (χ3v) is 3.73. The van der Waals surface area contributed by atoms with Crippen LogP contribution in [0, 0.1) is 6.92 Å². The Morgan fingerprint density at radius 2 is 1.46 bits per heavy atom. The summed E-state index contributed by atoms with van der Waals surface area (Å²) in [5.41, 5.74) is 7.01. The van der Waals surface area contributed by atoms with Gasteiger partial charge in [-0.1, -0.05) is 29.8 Å². The number of hydrogen-bond donors (Lipinski definition) is 2. The largest absolute Gasteiger partial charge is 0.493 e. The summed E-state index contributed by atoms with van der Waals surface area (Å²) < 4.78 is 15.6. The van der Waals surface area contributed by atoms with Crippen molar-refractivity contribution >= 4 is 11.8 Å². The van der Waals surface area contributed by atoms with Crippen LogP contribution >= 0.6 is 0 Å². The highest BCUT2D eigenvalue weighted by atomic mass is 16.5. The molecule has 2 N–H and O–H groups in total. The Bertz CT molecular complexity index is 762. The number of amides is 2. The minimum Gasteiger partial charge on any atom is -0.493 e. The molecule has 0 saturated heterocycles. The number of hydrazine groups is 1. The summed E-state index contributed by atoms with van der Waals surface area (Å²) >= 11 is 0. The van der Waals surface area contributed by atoms with Crippen molar-refractivity contribution in [1.82, 2.24) is 10.9 Å². The SMILES string of the molecule is COc1cc(C(=O)NNC(=O)Cc2ccc(C)cc2)cc(OC)c1OC. The smallest absolute Gasteiger partial charge is 0.269 e. The average molecular weight is 358 g/mol. The highest BCUT2D eigenvalue weighted by molar-refractivity contribution is 5.96. The van der Waals surface area contributed by atoms with Crippen LogP contribution in [0.3, 0.4) is 0 Å². The summed E-state index contributed by atoms with van der Waals surface area (Å²) in [5, 5.41) is 0. The lowest BCUT2D eigenvalue weighted by atomic mass is 10.1. The van der Waals surface area contributed by atoms with Gasteiger partial charge < -0.3 is 14.2 Å². The van der Waals surface area contributed by atoms with E-state index in [0.29, 0.717) is 17.2 Å². The number of methoxy groups -OCH3 is 3. The monoisotopic (exact) mass is 358 g/mol. The average Bonchev–Trinajstić information content (AvgIpc) is 2.66. The third kappa shape index (κ3) is 4.66. The first-order chi connectivity index (χ1) is 12.5. The first-order valence-corrected chi connectivity index (χ1v) is 7.93. The van der Waals surface area contributed by atoms with E-state index in [1.54, 1.807) is 0 Å². The van der Waals surface area contributed by atoms with Crippen LogP contribution in [0.5, 0.6) is 17.2 Å². The number of aryl methyl sites for hydroxylation is 1. The van der Waals surface area contributed by atoms with Gasteiger partial charge in [-0.3, -0.25) is 20.4 Å². The maximum atomic E-state index is 12.3. The molecular weight excluding hydrogens is 336 g/mol. The van der Waals surface area contributed by atoms with Gasteiger partial charge in [0.05, 0.1) is 27.8 Å². The van der Waals surface area contributed by atoms with Crippen LogP contribution in [-0.4, -0.2) is 33.1 Å². The normalized spacial score (nSPS) is 10.0. The van der Waals surface area contributed by atoms with E-state index in [2.05, 4.69) is 10.9 Å². The molecule has 0 bridgehead atoms. The molecule has 138 valence electrons. The molecule has 0 aliphatic rings. The quantitative estimate of drug-likeness (QED) is 0.772. The van der Waals surface area contributed by atoms with E-state index in [1.807, 2.05) is 31.2 Å². The van der Waals surface area contributed by atoms with E-state index in [4.69, 9.17) is 14.2 Å². The lowest BCUT2D eigenvalue weighted by molar-refractivity contribution is -0.121. The molecule has 0 aliphatic carbocycles. The summed E-state index contributed by atoms with van der Waals surface area (Å²) in [6.07, 6.45) is 0.163. The van der Waals surface area contributed by atoms with Crippen LogP contribution in [0.2, 0.25) is 0 Å². The van der Waals surface area contributed by atoms with Crippen LogP contribution < -0.4 is 25.1 Å². The van der Waals surface area contributed by atoms with Gasteiger partial charge in [0, 0.05) is 5.56 Å². The van der Waals surface area contributed by atoms with E-state index >= 15 is 0 Å². The Hall–Kier alpha value is -3.22. The zero-order valence-electron chi connectivity index (χ0n) is 15.2. The van der Waals surface area contributed by atoms with Gasteiger partial charge in [-0.15, -0.1) is 0 Å². The first kappa shape index (κ1) is 19.1. The zero-order valence-corrected chi connectivity index (χ0v) is 15.2. The number of nitrogens with one attached hydrogen (secondary N) is 2. The van der Waals surface area contributed by atoms with Crippen molar-refractivity contribution in [3.8, 4) is 17.2 Å². The van der Waals surface area contributed by atoms with Crippen molar-refractivity contribution < 1.29 is 23.8 Å². The van der Waals surface area contributed by atoms with Crippen molar-refractivity contribution in [1.29, 1.82) is 0 Å². The van der Waals surface area contributed by atoms with Gasteiger partial charge in [0.15, 0.2) is 11.5 Å². The van der Waals surface area contributed by atoms with Crippen molar-refractivity contribution in [2.75, 3.05) is 21.3 Å². The number of benzene rings is 2. The van der Waals surface area contributed by atoms with Gasteiger partial charge in [-0.2, -0.15) is 0 Å². The van der Waals surface area contributed by atoms with Gasteiger partial charge in [0.1, 0.15) is 0 Å². The number of ether oxygens (including phenoxy) is 3. The Morgan fingerprint density at radius 3 is 1.96 bits per heavy atom. The van der Waals surface area contributed by atoms with E-state index in [-0.39, 0.29) is 17.9 Å². The molecule has 2 amide bonds. The maximum absolute atomic E-state index is 12.3. The van der Waals surface area contributed by atoms with E-state index in [1.165, 1.54) is 33.5 Å². The van der Waals surface area contributed by atoms with Crippen molar-refractivity contribution in [2.45, 2.75) is 13.3 Å². The molecule has 2 aromatic carbocycles. The van der Waals surface area contributed by atoms with Crippen molar-refractivity contribution in [2.24, 2.45) is 0 Å². The number of carbonyl (C=O) groups is 2. The topological polar surface area (TPSA) is 85.9 Å². The molecule has 0 unspecified atom stereocenters. The lowest BCUT2D eigenvalue weighted by Crippen LogP contribution is -2.42. The van der Waals surface area contributed by atoms with Crippen LogP contribution in [0.25, 0.3) is 0 Å². The Kier molecular flexibility index (Phi) is 6.43. The molecule has 0 aromatic heterocycles. The molecule has 0 aliphatic heterocycles. The van der Waals surface area contributed by atoms with E-state index < -0.39 is 5.91 Å². The van der Waals surface area contributed by atoms with Crippen LogP contribution in [0.1, 0.15) is 21.5 Å². The second-order valence-corrected chi connectivity index (χ2v) is 5.58. The summed E-state index contributed by atoms with van der Waals surface area (Å²) in [6.45, 7) is 1.97. The van der Waals surface area contributed by atoms with Gasteiger partial charge in [0.25, 0.3) is 5.91 Å². The van der Waals surface area contributed by atoms with Crippen molar-refractivity contribution in [3.05, 3.63) is 53.1 Å². The van der Waals surface area contributed by atoms with Crippen LogP contribution in [0.15, 0.2) is 36.4 Å². The van der Waals surface area contributed by atoms with Crippen molar-refractivity contribution in [3.63, 3.8) is 0 Å². The molecule has 0 atom stereocenters. The Morgan fingerprint density at radius 1 is 0.885 bits per heavy atom. The fourth-order valence-corrected chi connectivity index (χ4v) is 2.35. The number of rotatable bonds is 6. The highest BCUT2D eigenvalue weighted by Crippen LogP contribution is 2.38. The zero-order chi connectivity index (χ0) is 19.1. The molecule has 26 heavy (non-hydrogen) atoms. The fourth-order valence-electron chi connectivity index (χ4n) is 2.35. The molecule has 2 aromatic rings. The van der Waals surface area contributed by atoms with Crippen LogP contribution in [-0.2, 0) is 11.2 Å². The molecule has 0 heterocycles. The lowest BCUT2D eigenvalue weighted by Gasteiger charge is -2.14. The molecule has 0 saturated carbocycles. The minimum absolute atomic E-state index is 0.163. The summed E-state index contributed by atoms with van der Waals surface area (Å²) in [7, 11) is 4.40. The predicted molar refractivity (Wildman–Crippen MR) is 96.6 cm³/mol. The van der Waals surface area contributed by atoms with Gasteiger partial charge in [-0.05, 0) is 24.6 Å². The summed E-state index contributed by atoms with van der Waals surface area (Å²) in [5.74, 6) is 0.261. The molecule has 7 nitrogen and oxygen atoms in total. The third-order valence-electron chi connectivity index (χ3n) is 3.73. The molecule has 0 fully saturated rings. The second kappa shape index (κ2) is 8.75. The standard InChI is InChI=1S/C19H22N2O5/c1-12-5-7-13(8-6-12)9-17(22)20-21-19(23)14-10-15(24-2)18(26-4)16(11-14)25-3/h5-8,10-11H,9H2,1-4H3,(H,20,22)(H,21,23). The fraction of sp³-hybridized carbons (Fsp3) is 0.263. The number of hydrogen-bond acceptors (Lipinski definition) is 5. The van der Waals surface area contributed by atoms with Gasteiger partial charge in [-0.25, -0.2) is 0 Å². The molecular formula is C19H22N2O5. The maximum Gasteiger partial charge on any atom is 0.269 e. The first-order valence-electron chi connectivity index (χ1n) is 7.93. The second-order valence-electron chi connectivity index (χ2n) is 5.58. The minimum atomic E-state index is -0.499. The molecule has 0 radical (unpaired) electrons. The van der Waals surface area contributed by atoms with Gasteiger partial charge >= 0.3 is 0 Å². The highest BCUT2D eigenvalue weighted by Gasteiger charge is 2.17. The Balaban J connectivity index is 2.03. The van der Waals surface area contributed by atoms with Crippen LogP contribution in [0.4, 0.5) is 0 Å². The summed E-state index contributed by atoms with van der Waals surface area (Å²) in [4.78, 5) is 24.3. The van der Waals surface area contributed by atoms with E-state index in [9.17, 15) is 9.59 Å². The van der Waals surface area contributed by atoms with E-state index in [0.717, 1.165) is 11.1 Å². The molecule has 2 rings (SSSR count). The Labute approximate surface area is 152 Å². The number of carbonyl (C=O) groups excluding carboxylic acids is 2. The predicted octanol–water partition coefficient (Wildman–Crippen LogP) is 2.02. The molecule has 0 spiro atoms. The molecule has 7 heteroatoms. The van der Waals surface area contributed by atoms with Gasteiger partial charge in [0.2, 0.25) is 11.7 Å². The summed E-state index contributed by atoms with van der Waals surface area (Å²) in [6, 6.07) is 10.6.